The molecule has 0 amide bonds. The molecule has 2 heterocycles. The van der Waals surface area contributed by atoms with Crippen molar-refractivity contribution >= 4 is 26.8 Å². The zero-order valence-corrected chi connectivity index (χ0v) is 12.6. The largest absolute Gasteiger partial charge is 0.357 e. The highest BCUT2D eigenvalue weighted by Crippen LogP contribution is 2.33. The van der Waals surface area contributed by atoms with Gasteiger partial charge in [-0.25, -0.2) is 0 Å². The van der Waals surface area contributed by atoms with Crippen LogP contribution in [0.4, 0.5) is 0 Å². The first-order valence-electron chi connectivity index (χ1n) is 6.94. The molecule has 0 saturated heterocycles. The minimum absolute atomic E-state index is 0.467. The smallest absolute Gasteiger partial charge is 0.0476 e. The van der Waals surface area contributed by atoms with Gasteiger partial charge < -0.3 is 10.3 Å². The fraction of sp³-hybridized carbons (Fsp3) is 0.375. The average Bonchev–Trinajstić information content (AvgIpc) is 2.77. The summed E-state index contributed by atoms with van der Waals surface area (Å²) >= 11 is 3.55. The maximum atomic E-state index is 3.80. The third kappa shape index (κ3) is 2.49. The number of hydrogen-bond acceptors (Lipinski definition) is 1. The van der Waals surface area contributed by atoms with Crippen LogP contribution < -0.4 is 5.32 Å². The number of aromatic nitrogens is 1. The fourth-order valence-electron chi connectivity index (χ4n) is 3.00. The van der Waals surface area contributed by atoms with E-state index in [1.807, 2.05) is 6.08 Å². The van der Waals surface area contributed by atoms with Gasteiger partial charge in [0.15, 0.2) is 0 Å². The highest BCUT2D eigenvalue weighted by molar-refractivity contribution is 9.10. The molecule has 19 heavy (non-hydrogen) atoms. The van der Waals surface area contributed by atoms with Gasteiger partial charge in [0.2, 0.25) is 0 Å². The lowest BCUT2D eigenvalue weighted by molar-refractivity contribution is 0.457. The van der Waals surface area contributed by atoms with E-state index in [4.69, 9.17) is 0 Å². The van der Waals surface area contributed by atoms with E-state index >= 15 is 0 Å². The van der Waals surface area contributed by atoms with E-state index in [1.165, 1.54) is 35.0 Å². The van der Waals surface area contributed by atoms with Crippen molar-refractivity contribution in [2.45, 2.75) is 31.7 Å². The normalized spacial score (nSPS) is 18.5. The first-order chi connectivity index (χ1) is 9.29. The summed E-state index contributed by atoms with van der Waals surface area (Å²) in [6, 6.07) is 7.00. The SMILES string of the molecule is C=CCCC[C@@H]1NCCc2c1[nH]c1cc(Br)ccc21. The minimum atomic E-state index is 0.467. The lowest BCUT2D eigenvalue weighted by Crippen LogP contribution is -2.29. The zero-order chi connectivity index (χ0) is 13.2. The predicted octanol–water partition coefficient (Wildman–Crippen LogP) is 4.47. The van der Waals surface area contributed by atoms with E-state index in [0.29, 0.717) is 6.04 Å². The van der Waals surface area contributed by atoms with Crippen LogP contribution in [-0.4, -0.2) is 11.5 Å². The van der Waals surface area contributed by atoms with Crippen LogP contribution in [0, 0.1) is 0 Å². The van der Waals surface area contributed by atoms with E-state index in [0.717, 1.165) is 23.9 Å². The van der Waals surface area contributed by atoms with E-state index < -0.39 is 0 Å². The molecule has 0 unspecified atom stereocenters. The second kappa shape index (κ2) is 5.51. The van der Waals surface area contributed by atoms with Gasteiger partial charge in [-0.05, 0) is 49.9 Å². The van der Waals surface area contributed by atoms with Gasteiger partial charge in [-0.15, -0.1) is 6.58 Å². The quantitative estimate of drug-likeness (QED) is 0.631. The fourth-order valence-corrected chi connectivity index (χ4v) is 3.36. The molecule has 2 nitrogen and oxygen atoms in total. The van der Waals surface area contributed by atoms with Crippen LogP contribution in [0.3, 0.4) is 0 Å². The number of H-pyrrole nitrogens is 1. The summed E-state index contributed by atoms with van der Waals surface area (Å²) in [6.07, 6.45) is 6.59. The van der Waals surface area contributed by atoms with E-state index in [9.17, 15) is 0 Å². The minimum Gasteiger partial charge on any atom is -0.357 e. The number of nitrogens with one attached hydrogen (secondary N) is 2. The molecule has 0 saturated carbocycles. The number of aromatic amines is 1. The summed E-state index contributed by atoms with van der Waals surface area (Å²) < 4.78 is 1.13. The van der Waals surface area contributed by atoms with Crippen LogP contribution in [0.1, 0.15) is 36.6 Å². The molecule has 1 atom stereocenters. The summed E-state index contributed by atoms with van der Waals surface area (Å²) in [5.74, 6) is 0. The molecule has 2 N–H and O–H groups in total. The van der Waals surface area contributed by atoms with E-state index in [1.54, 1.807) is 0 Å². The number of benzene rings is 1. The van der Waals surface area contributed by atoms with Gasteiger partial charge >= 0.3 is 0 Å². The molecule has 3 heteroatoms. The van der Waals surface area contributed by atoms with Crippen molar-refractivity contribution in [3.8, 4) is 0 Å². The number of unbranched alkanes of at least 4 members (excludes halogenated alkanes) is 1. The van der Waals surface area contributed by atoms with Crippen molar-refractivity contribution in [2.75, 3.05) is 6.54 Å². The lowest BCUT2D eigenvalue weighted by Gasteiger charge is -2.24. The van der Waals surface area contributed by atoms with Gasteiger partial charge in [-0.3, -0.25) is 0 Å². The molecule has 2 aromatic rings. The molecule has 100 valence electrons. The first kappa shape index (κ1) is 12.9. The van der Waals surface area contributed by atoms with Crippen LogP contribution >= 0.6 is 15.9 Å². The van der Waals surface area contributed by atoms with Gasteiger partial charge in [-0.1, -0.05) is 28.1 Å². The Labute approximate surface area is 122 Å². The Morgan fingerprint density at radius 3 is 3.16 bits per heavy atom. The number of halogens is 1. The Morgan fingerprint density at radius 1 is 1.42 bits per heavy atom. The highest BCUT2D eigenvalue weighted by atomic mass is 79.9. The van der Waals surface area contributed by atoms with Crippen molar-refractivity contribution in [3.63, 3.8) is 0 Å². The molecule has 1 aromatic heterocycles. The average molecular weight is 319 g/mol. The van der Waals surface area contributed by atoms with Crippen molar-refractivity contribution in [1.29, 1.82) is 0 Å². The van der Waals surface area contributed by atoms with Crippen LogP contribution in [0.5, 0.6) is 0 Å². The molecule has 0 spiro atoms. The number of allylic oxidation sites excluding steroid dienone is 1. The van der Waals surface area contributed by atoms with Crippen molar-refractivity contribution in [1.82, 2.24) is 10.3 Å². The van der Waals surface area contributed by atoms with Gasteiger partial charge in [0.25, 0.3) is 0 Å². The van der Waals surface area contributed by atoms with Crippen molar-refractivity contribution < 1.29 is 0 Å². The summed E-state index contributed by atoms with van der Waals surface area (Å²) in [7, 11) is 0. The molecule has 1 aliphatic heterocycles. The highest BCUT2D eigenvalue weighted by Gasteiger charge is 2.23. The molecular formula is C16H19BrN2. The van der Waals surface area contributed by atoms with Crippen molar-refractivity contribution in [3.05, 3.63) is 46.6 Å². The van der Waals surface area contributed by atoms with Crippen LogP contribution in [0.2, 0.25) is 0 Å². The zero-order valence-electron chi connectivity index (χ0n) is 11.0. The molecule has 1 aliphatic rings. The van der Waals surface area contributed by atoms with Gasteiger partial charge in [0, 0.05) is 27.1 Å². The van der Waals surface area contributed by atoms with E-state index in [2.05, 4.69) is 51.0 Å². The lowest BCUT2D eigenvalue weighted by atomic mass is 9.96. The molecule has 0 radical (unpaired) electrons. The Bertz CT molecular complexity index is 600. The predicted molar refractivity (Wildman–Crippen MR) is 84.5 cm³/mol. The molecule has 3 rings (SSSR count). The van der Waals surface area contributed by atoms with Gasteiger partial charge in [0.05, 0.1) is 0 Å². The van der Waals surface area contributed by atoms with Gasteiger partial charge in [-0.2, -0.15) is 0 Å². The van der Waals surface area contributed by atoms with Crippen LogP contribution in [0.15, 0.2) is 35.3 Å². The molecule has 1 aromatic carbocycles. The Hall–Kier alpha value is -1.06. The topological polar surface area (TPSA) is 27.8 Å². The number of hydrogen-bond donors (Lipinski definition) is 2. The second-order valence-electron chi connectivity index (χ2n) is 5.18. The molecule has 0 aliphatic carbocycles. The standard InChI is InChI=1S/C16H19BrN2/c1-2-3-4-5-14-16-13(8-9-18-14)12-7-6-11(17)10-15(12)19-16/h2,6-7,10,14,18-19H,1,3-5,8-9H2/t14-/m0/s1. The maximum Gasteiger partial charge on any atom is 0.0476 e. The van der Waals surface area contributed by atoms with E-state index in [-0.39, 0.29) is 0 Å². The van der Waals surface area contributed by atoms with Crippen LogP contribution in [-0.2, 0) is 6.42 Å². The third-order valence-electron chi connectivity index (χ3n) is 3.92. The number of rotatable bonds is 4. The summed E-state index contributed by atoms with van der Waals surface area (Å²) in [4.78, 5) is 3.62. The maximum absolute atomic E-state index is 3.80. The second-order valence-corrected chi connectivity index (χ2v) is 6.10. The summed E-state index contributed by atoms with van der Waals surface area (Å²) in [5, 5.41) is 5.02. The van der Waals surface area contributed by atoms with Crippen LogP contribution in [0.25, 0.3) is 10.9 Å². The number of fused-ring (bicyclic) bond motifs is 3. The molecule has 0 bridgehead atoms. The molecule has 0 fully saturated rings. The Balaban J connectivity index is 1.95. The van der Waals surface area contributed by atoms with Crippen molar-refractivity contribution in [2.24, 2.45) is 0 Å². The molecular weight excluding hydrogens is 300 g/mol. The van der Waals surface area contributed by atoms with Gasteiger partial charge in [0.1, 0.15) is 0 Å². The Kier molecular flexibility index (Phi) is 3.76. The first-order valence-corrected chi connectivity index (χ1v) is 7.73. The monoisotopic (exact) mass is 318 g/mol. The summed E-state index contributed by atoms with van der Waals surface area (Å²) in [6.45, 7) is 4.88. The third-order valence-corrected chi connectivity index (χ3v) is 4.41. The summed E-state index contributed by atoms with van der Waals surface area (Å²) in [5.41, 5.74) is 4.14. The Morgan fingerprint density at radius 2 is 2.32 bits per heavy atom.